The Balaban J connectivity index is 1.62. The summed E-state index contributed by atoms with van der Waals surface area (Å²) in [5, 5.41) is 4.29. The van der Waals surface area contributed by atoms with E-state index < -0.39 is 23.6 Å². The highest BCUT2D eigenvalue weighted by Crippen LogP contribution is 2.28. The van der Waals surface area contributed by atoms with Gasteiger partial charge in [-0.2, -0.15) is 5.10 Å². The highest BCUT2D eigenvalue weighted by atomic mass is 35.5. The Labute approximate surface area is 182 Å². The zero-order chi connectivity index (χ0) is 22.3. The summed E-state index contributed by atoms with van der Waals surface area (Å²) in [6.07, 6.45) is -0.457. The van der Waals surface area contributed by atoms with Gasteiger partial charge in [-0.05, 0) is 43.7 Å². The molecule has 1 fully saturated rings. The summed E-state index contributed by atoms with van der Waals surface area (Å²) in [5.41, 5.74) is 1.95. The third kappa shape index (κ3) is 4.05. The smallest absolute Gasteiger partial charge is 0.257 e. The first-order valence-electron chi connectivity index (χ1n) is 9.63. The van der Waals surface area contributed by atoms with E-state index in [4.69, 9.17) is 16.3 Å². The average molecular weight is 450 g/mol. The number of carbonyl (C=O) groups is 1. The molecule has 1 amide bonds. The summed E-state index contributed by atoms with van der Waals surface area (Å²) in [6.45, 7) is 4.22. The molecule has 1 aromatic heterocycles. The van der Waals surface area contributed by atoms with Crippen molar-refractivity contribution in [2.75, 3.05) is 19.7 Å². The van der Waals surface area contributed by atoms with Crippen LogP contribution in [0.4, 0.5) is 13.2 Å². The van der Waals surface area contributed by atoms with Crippen LogP contribution >= 0.6 is 11.6 Å². The predicted octanol–water partition coefficient (Wildman–Crippen LogP) is 4.77. The first-order valence-corrected chi connectivity index (χ1v) is 10.0. The maximum Gasteiger partial charge on any atom is 0.257 e. The molecule has 0 spiro atoms. The van der Waals surface area contributed by atoms with E-state index in [1.54, 1.807) is 24.8 Å². The monoisotopic (exact) mass is 449 g/mol. The Hall–Kier alpha value is -2.84. The molecule has 1 atom stereocenters. The van der Waals surface area contributed by atoms with Crippen LogP contribution in [0.1, 0.15) is 33.4 Å². The minimum absolute atomic E-state index is 0.0150. The summed E-state index contributed by atoms with van der Waals surface area (Å²) < 4.78 is 48.1. The zero-order valence-electron chi connectivity index (χ0n) is 16.8. The van der Waals surface area contributed by atoms with Gasteiger partial charge in [-0.25, -0.2) is 17.9 Å². The van der Waals surface area contributed by atoms with Crippen molar-refractivity contribution >= 4 is 17.5 Å². The van der Waals surface area contributed by atoms with Crippen molar-refractivity contribution in [3.05, 3.63) is 81.4 Å². The number of amides is 1. The molecule has 5 nitrogen and oxygen atoms in total. The largest absolute Gasteiger partial charge is 0.370 e. The van der Waals surface area contributed by atoms with Gasteiger partial charge in [0.2, 0.25) is 0 Å². The lowest BCUT2D eigenvalue weighted by atomic mass is 10.1. The highest BCUT2D eigenvalue weighted by molar-refractivity contribution is 6.30. The molecule has 0 radical (unpaired) electrons. The highest BCUT2D eigenvalue weighted by Gasteiger charge is 2.30. The lowest BCUT2D eigenvalue weighted by Crippen LogP contribution is -2.42. The number of aromatic nitrogens is 2. The molecular weight excluding hydrogens is 431 g/mol. The van der Waals surface area contributed by atoms with Gasteiger partial charge in [0.15, 0.2) is 5.82 Å². The lowest BCUT2D eigenvalue weighted by Gasteiger charge is -2.33. The van der Waals surface area contributed by atoms with E-state index >= 15 is 0 Å². The second-order valence-electron chi connectivity index (χ2n) is 7.34. The third-order valence-corrected chi connectivity index (χ3v) is 5.60. The van der Waals surface area contributed by atoms with Crippen molar-refractivity contribution in [3.63, 3.8) is 0 Å². The van der Waals surface area contributed by atoms with Gasteiger partial charge in [-0.15, -0.1) is 0 Å². The van der Waals surface area contributed by atoms with Crippen molar-refractivity contribution < 1.29 is 22.7 Å². The van der Waals surface area contributed by atoms with Crippen LogP contribution in [-0.2, 0) is 4.74 Å². The number of rotatable bonds is 3. The number of aryl methyl sites for hydroxylation is 1. The van der Waals surface area contributed by atoms with Crippen LogP contribution in [0.25, 0.3) is 5.69 Å². The van der Waals surface area contributed by atoms with E-state index in [0.29, 0.717) is 35.7 Å². The van der Waals surface area contributed by atoms with Crippen molar-refractivity contribution in [3.8, 4) is 5.69 Å². The molecule has 0 saturated carbocycles. The number of carbonyl (C=O) groups excluding carboxylic acids is 1. The average Bonchev–Trinajstić information content (AvgIpc) is 3.03. The molecule has 0 bridgehead atoms. The molecule has 2 aromatic carbocycles. The van der Waals surface area contributed by atoms with Crippen LogP contribution in [0, 0.1) is 31.3 Å². The van der Waals surface area contributed by atoms with Crippen LogP contribution in [0.2, 0.25) is 5.02 Å². The van der Waals surface area contributed by atoms with Gasteiger partial charge in [0.25, 0.3) is 5.91 Å². The Morgan fingerprint density at radius 3 is 2.61 bits per heavy atom. The fourth-order valence-electron chi connectivity index (χ4n) is 3.75. The fourth-order valence-corrected chi connectivity index (χ4v) is 3.93. The Kier molecular flexibility index (Phi) is 5.77. The summed E-state index contributed by atoms with van der Waals surface area (Å²) in [6, 6.07) is 7.51. The van der Waals surface area contributed by atoms with Crippen LogP contribution in [0.3, 0.4) is 0 Å². The fraction of sp³-hybridized carbons (Fsp3) is 0.273. The minimum Gasteiger partial charge on any atom is -0.370 e. The van der Waals surface area contributed by atoms with Crippen molar-refractivity contribution in [1.29, 1.82) is 0 Å². The van der Waals surface area contributed by atoms with Crippen molar-refractivity contribution in [2.45, 2.75) is 20.0 Å². The molecule has 9 heteroatoms. The second-order valence-corrected chi connectivity index (χ2v) is 7.74. The maximum atomic E-state index is 14.3. The van der Waals surface area contributed by atoms with Gasteiger partial charge in [-0.1, -0.05) is 17.7 Å². The van der Waals surface area contributed by atoms with Gasteiger partial charge < -0.3 is 9.64 Å². The molecule has 2 heterocycles. The summed E-state index contributed by atoms with van der Waals surface area (Å²) in [7, 11) is 0. The van der Waals surface area contributed by atoms with E-state index in [2.05, 4.69) is 5.10 Å². The standard InChI is InChI=1S/C22H19ClF3N3O2/c1-12-21(13(2)29(27-12)19-6-4-15(24)10-18(19)26)22(30)28-7-8-31-20(11-28)14-3-5-17(25)16(23)9-14/h3-6,9-10,20H,7-8,11H2,1-2H3. The number of ether oxygens (including phenoxy) is 1. The second kappa shape index (κ2) is 8.36. The van der Waals surface area contributed by atoms with Gasteiger partial charge in [0.05, 0.1) is 35.1 Å². The SMILES string of the molecule is Cc1nn(-c2ccc(F)cc2F)c(C)c1C(=O)N1CCOC(c2ccc(F)c(Cl)c2)C1. The van der Waals surface area contributed by atoms with E-state index in [1.165, 1.54) is 22.9 Å². The molecule has 0 N–H and O–H groups in total. The first kappa shape index (κ1) is 21.4. The molecule has 31 heavy (non-hydrogen) atoms. The quantitative estimate of drug-likeness (QED) is 0.578. The normalized spacial score (nSPS) is 16.6. The molecule has 1 aliphatic heterocycles. The summed E-state index contributed by atoms with van der Waals surface area (Å²) >= 11 is 5.88. The van der Waals surface area contributed by atoms with Crippen LogP contribution in [-0.4, -0.2) is 40.3 Å². The van der Waals surface area contributed by atoms with Crippen LogP contribution in [0.5, 0.6) is 0 Å². The van der Waals surface area contributed by atoms with Crippen LogP contribution < -0.4 is 0 Å². The molecule has 0 aliphatic carbocycles. The topological polar surface area (TPSA) is 47.4 Å². The number of hydrogen-bond acceptors (Lipinski definition) is 3. The molecule has 162 valence electrons. The summed E-state index contributed by atoms with van der Waals surface area (Å²) in [4.78, 5) is 14.9. The van der Waals surface area contributed by atoms with Crippen molar-refractivity contribution in [2.24, 2.45) is 0 Å². The maximum absolute atomic E-state index is 14.3. The lowest BCUT2D eigenvalue weighted by molar-refractivity contribution is -0.0229. The van der Waals surface area contributed by atoms with Gasteiger partial charge in [0.1, 0.15) is 23.4 Å². The van der Waals surface area contributed by atoms with E-state index in [1.807, 2.05) is 0 Å². The predicted molar refractivity (Wildman–Crippen MR) is 109 cm³/mol. The molecule has 1 saturated heterocycles. The first-order chi connectivity index (χ1) is 14.8. The van der Waals surface area contributed by atoms with E-state index in [0.717, 1.165) is 12.1 Å². The Bertz CT molecular complexity index is 1170. The third-order valence-electron chi connectivity index (χ3n) is 5.31. The molecule has 1 unspecified atom stereocenters. The molecule has 4 rings (SSSR count). The number of benzene rings is 2. The zero-order valence-corrected chi connectivity index (χ0v) is 17.6. The Morgan fingerprint density at radius 2 is 1.90 bits per heavy atom. The van der Waals surface area contributed by atoms with E-state index in [-0.39, 0.29) is 23.2 Å². The van der Waals surface area contributed by atoms with Gasteiger partial charge in [0, 0.05) is 12.6 Å². The van der Waals surface area contributed by atoms with Crippen molar-refractivity contribution in [1.82, 2.24) is 14.7 Å². The van der Waals surface area contributed by atoms with Gasteiger partial charge >= 0.3 is 0 Å². The molecule has 3 aromatic rings. The minimum atomic E-state index is -0.774. The van der Waals surface area contributed by atoms with E-state index in [9.17, 15) is 18.0 Å². The van der Waals surface area contributed by atoms with Crippen LogP contribution in [0.15, 0.2) is 36.4 Å². The summed E-state index contributed by atoms with van der Waals surface area (Å²) in [5.74, 6) is -2.27. The molecular formula is C22H19ClF3N3O2. The van der Waals surface area contributed by atoms with Gasteiger partial charge in [-0.3, -0.25) is 4.79 Å². The number of morpholine rings is 1. The number of hydrogen-bond donors (Lipinski definition) is 0. The Morgan fingerprint density at radius 1 is 1.13 bits per heavy atom. The number of halogens is 4. The number of nitrogens with zero attached hydrogens (tertiary/aromatic N) is 3. The molecule has 1 aliphatic rings.